The Labute approximate surface area is 184 Å². The van der Waals surface area contributed by atoms with Gasteiger partial charge in [-0.3, -0.25) is 4.90 Å². The van der Waals surface area contributed by atoms with E-state index in [1.165, 1.54) is 19.3 Å². The molecule has 2 heterocycles. The third-order valence-electron chi connectivity index (χ3n) is 7.83. The minimum Gasteiger partial charge on any atom is -0.493 e. The normalized spacial score (nSPS) is 30.2. The van der Waals surface area contributed by atoms with Crippen LogP contribution in [0.25, 0.3) is 0 Å². The van der Waals surface area contributed by atoms with Crippen molar-refractivity contribution in [1.29, 1.82) is 0 Å². The van der Waals surface area contributed by atoms with Crippen LogP contribution < -0.4 is 9.47 Å². The molecule has 0 unspecified atom stereocenters. The van der Waals surface area contributed by atoms with Crippen molar-refractivity contribution >= 4 is 0 Å². The monoisotopic (exact) mass is 433 g/mol. The Morgan fingerprint density at radius 2 is 1.97 bits per heavy atom. The molecule has 3 fully saturated rings. The third kappa shape index (κ3) is 3.85. The average Bonchev–Trinajstić information content (AvgIpc) is 2.63. The van der Waals surface area contributed by atoms with E-state index in [9.17, 15) is 5.11 Å². The standard InChI is InChI=1S/C25H36FNO4/c1-24(2,3)31-21-14-27-9-6-16-17(18(27)11-19(21)28)10-20(29-4)23(22(16)26)30-15-12-25(13-15)7-5-8-25/h10,15,18-19,21,28H,5-9,11-14H2,1-4H3/t18-,19-,21-/m1/s1. The molecule has 172 valence electrons. The Morgan fingerprint density at radius 1 is 1.23 bits per heavy atom. The van der Waals surface area contributed by atoms with Crippen molar-refractivity contribution in [2.75, 3.05) is 20.2 Å². The van der Waals surface area contributed by atoms with Gasteiger partial charge in [0, 0.05) is 19.1 Å². The third-order valence-corrected chi connectivity index (χ3v) is 7.83. The smallest absolute Gasteiger partial charge is 0.197 e. The number of piperidine rings is 1. The van der Waals surface area contributed by atoms with E-state index in [0.29, 0.717) is 30.6 Å². The van der Waals surface area contributed by atoms with Crippen LogP contribution in [0.2, 0.25) is 0 Å². The first-order chi connectivity index (χ1) is 14.7. The Balaban J connectivity index is 1.37. The van der Waals surface area contributed by atoms with E-state index >= 15 is 4.39 Å². The van der Waals surface area contributed by atoms with Crippen LogP contribution in [0.15, 0.2) is 6.07 Å². The topological polar surface area (TPSA) is 51.2 Å². The number of rotatable bonds is 4. The van der Waals surface area contributed by atoms with Gasteiger partial charge in [0.1, 0.15) is 6.10 Å². The zero-order valence-electron chi connectivity index (χ0n) is 19.2. The van der Waals surface area contributed by atoms with E-state index in [1.807, 2.05) is 26.8 Å². The number of halogens is 1. The Morgan fingerprint density at radius 3 is 2.58 bits per heavy atom. The van der Waals surface area contributed by atoms with Gasteiger partial charge in [0.15, 0.2) is 17.3 Å². The van der Waals surface area contributed by atoms with Crippen molar-refractivity contribution in [1.82, 2.24) is 4.90 Å². The van der Waals surface area contributed by atoms with Gasteiger partial charge in [-0.15, -0.1) is 0 Å². The van der Waals surface area contributed by atoms with Crippen LogP contribution in [0.3, 0.4) is 0 Å². The molecule has 6 heteroatoms. The van der Waals surface area contributed by atoms with Crippen molar-refractivity contribution < 1.29 is 23.7 Å². The summed E-state index contributed by atoms with van der Waals surface area (Å²) in [6, 6.07) is 1.91. The fraction of sp³-hybridized carbons (Fsp3) is 0.760. The predicted molar refractivity (Wildman–Crippen MR) is 116 cm³/mol. The number of aliphatic hydroxyl groups is 1. The number of nitrogens with zero attached hydrogens (tertiary/aromatic N) is 1. The number of fused-ring (bicyclic) bond motifs is 3. The summed E-state index contributed by atoms with van der Waals surface area (Å²) >= 11 is 0. The maximum absolute atomic E-state index is 15.7. The summed E-state index contributed by atoms with van der Waals surface area (Å²) in [5.74, 6) is 0.473. The molecule has 5 nitrogen and oxygen atoms in total. The van der Waals surface area contributed by atoms with Gasteiger partial charge in [-0.05, 0) is 81.9 Å². The lowest BCUT2D eigenvalue weighted by Gasteiger charge is -2.53. The van der Waals surface area contributed by atoms with Crippen molar-refractivity contribution in [3.05, 3.63) is 23.0 Å². The van der Waals surface area contributed by atoms with Gasteiger partial charge >= 0.3 is 0 Å². The fourth-order valence-electron chi connectivity index (χ4n) is 6.13. The summed E-state index contributed by atoms with van der Waals surface area (Å²) in [5.41, 5.74) is 1.81. The number of methoxy groups -OCH3 is 1. The molecule has 3 atom stereocenters. The summed E-state index contributed by atoms with van der Waals surface area (Å²) in [6.45, 7) is 7.43. The van der Waals surface area contributed by atoms with Crippen LogP contribution in [0.5, 0.6) is 11.5 Å². The molecule has 1 aromatic carbocycles. The molecule has 0 aromatic heterocycles. The highest BCUT2D eigenvalue weighted by Gasteiger charge is 2.50. The summed E-state index contributed by atoms with van der Waals surface area (Å²) in [4.78, 5) is 2.32. The maximum Gasteiger partial charge on any atom is 0.197 e. The SMILES string of the molecule is COc1cc2c(c(F)c1OC1CC3(CCC3)C1)CCN1C[C@@H](OC(C)(C)C)[C@H](O)C[C@H]21. The highest BCUT2D eigenvalue weighted by atomic mass is 19.1. The largest absolute Gasteiger partial charge is 0.493 e. The molecule has 1 N–H and O–H groups in total. The number of ether oxygens (including phenoxy) is 3. The molecule has 1 aromatic rings. The van der Waals surface area contributed by atoms with Gasteiger partial charge in [-0.1, -0.05) is 6.42 Å². The highest BCUT2D eigenvalue weighted by molar-refractivity contribution is 5.51. The van der Waals surface area contributed by atoms with Gasteiger partial charge < -0.3 is 19.3 Å². The summed E-state index contributed by atoms with van der Waals surface area (Å²) in [5, 5.41) is 10.8. The molecule has 5 rings (SSSR count). The summed E-state index contributed by atoms with van der Waals surface area (Å²) in [7, 11) is 1.58. The minimum atomic E-state index is -0.579. The van der Waals surface area contributed by atoms with Gasteiger partial charge in [0.25, 0.3) is 0 Å². The van der Waals surface area contributed by atoms with Gasteiger partial charge in [0.2, 0.25) is 0 Å². The lowest BCUT2D eigenvalue weighted by molar-refractivity contribution is -0.149. The summed E-state index contributed by atoms with van der Waals surface area (Å²) < 4.78 is 33.5. The summed E-state index contributed by atoms with van der Waals surface area (Å²) in [6.07, 6.45) is 6.39. The highest BCUT2D eigenvalue weighted by Crippen LogP contribution is 2.57. The number of hydrogen-bond acceptors (Lipinski definition) is 5. The van der Waals surface area contributed by atoms with E-state index in [1.54, 1.807) is 7.11 Å². The molecular formula is C25H36FNO4. The van der Waals surface area contributed by atoms with Crippen molar-refractivity contribution in [3.63, 3.8) is 0 Å². The molecule has 2 aliphatic carbocycles. The number of hydrogen-bond donors (Lipinski definition) is 1. The van der Waals surface area contributed by atoms with E-state index in [2.05, 4.69) is 4.90 Å². The van der Waals surface area contributed by atoms with Gasteiger partial charge in [0.05, 0.1) is 24.9 Å². The molecule has 0 radical (unpaired) electrons. The second-order valence-corrected chi connectivity index (χ2v) is 11.1. The lowest BCUT2D eigenvalue weighted by atomic mass is 9.55. The fourth-order valence-corrected chi connectivity index (χ4v) is 6.13. The van der Waals surface area contributed by atoms with E-state index in [0.717, 1.165) is 30.5 Å². The van der Waals surface area contributed by atoms with Crippen LogP contribution >= 0.6 is 0 Å². The van der Waals surface area contributed by atoms with Crippen LogP contribution in [0.4, 0.5) is 4.39 Å². The first kappa shape index (κ1) is 21.5. The molecule has 2 aliphatic heterocycles. The minimum absolute atomic E-state index is 0.0297. The molecule has 1 spiro atoms. The van der Waals surface area contributed by atoms with Crippen molar-refractivity contribution in [2.24, 2.45) is 5.41 Å². The first-order valence-corrected chi connectivity index (χ1v) is 11.8. The van der Waals surface area contributed by atoms with Crippen molar-refractivity contribution in [2.45, 2.75) is 95.7 Å². The number of benzene rings is 1. The molecule has 2 saturated carbocycles. The van der Waals surface area contributed by atoms with Crippen LogP contribution in [0, 0.1) is 11.2 Å². The van der Waals surface area contributed by atoms with E-state index < -0.39 is 6.10 Å². The number of aliphatic hydroxyl groups excluding tert-OH is 1. The van der Waals surface area contributed by atoms with Crippen molar-refractivity contribution in [3.8, 4) is 11.5 Å². The maximum atomic E-state index is 15.7. The zero-order chi connectivity index (χ0) is 22.0. The van der Waals surface area contributed by atoms with Crippen LogP contribution in [-0.2, 0) is 11.2 Å². The lowest BCUT2D eigenvalue weighted by Crippen LogP contribution is -2.53. The quantitative estimate of drug-likeness (QED) is 0.763. The molecular weight excluding hydrogens is 397 g/mol. The average molecular weight is 434 g/mol. The Bertz CT molecular complexity index is 839. The van der Waals surface area contributed by atoms with E-state index in [-0.39, 0.29) is 35.4 Å². The predicted octanol–water partition coefficient (Wildman–Crippen LogP) is 4.39. The first-order valence-electron chi connectivity index (χ1n) is 11.8. The molecule has 0 bridgehead atoms. The second-order valence-electron chi connectivity index (χ2n) is 11.1. The Kier molecular flexibility index (Phi) is 5.26. The molecule has 31 heavy (non-hydrogen) atoms. The van der Waals surface area contributed by atoms with E-state index in [4.69, 9.17) is 14.2 Å². The molecule has 0 amide bonds. The zero-order valence-corrected chi connectivity index (χ0v) is 19.2. The van der Waals surface area contributed by atoms with Gasteiger partial charge in [-0.2, -0.15) is 0 Å². The molecule has 1 saturated heterocycles. The van der Waals surface area contributed by atoms with Crippen LogP contribution in [0.1, 0.15) is 76.5 Å². The second kappa shape index (κ2) is 7.60. The van der Waals surface area contributed by atoms with Gasteiger partial charge in [-0.25, -0.2) is 4.39 Å². The molecule has 4 aliphatic rings. The Hall–Kier alpha value is -1.37. The van der Waals surface area contributed by atoms with Crippen LogP contribution in [-0.4, -0.2) is 54.1 Å².